The monoisotopic (exact) mass is 270 g/mol. The lowest BCUT2D eigenvalue weighted by Gasteiger charge is -2.34. The summed E-state index contributed by atoms with van der Waals surface area (Å²) in [6.07, 6.45) is 2.34. The van der Waals surface area contributed by atoms with Gasteiger partial charge in [0.15, 0.2) is 0 Å². The summed E-state index contributed by atoms with van der Waals surface area (Å²) in [6.45, 7) is 4.90. The molecule has 1 aliphatic heterocycles. The molecule has 1 N–H and O–H groups in total. The Labute approximate surface area is 120 Å². The first-order chi connectivity index (χ1) is 9.77. The fourth-order valence-corrected chi connectivity index (χ4v) is 4.26. The van der Waals surface area contributed by atoms with Gasteiger partial charge in [-0.25, -0.2) is 0 Å². The summed E-state index contributed by atoms with van der Waals surface area (Å²) in [5.74, 6) is 1.79. The lowest BCUT2D eigenvalue weighted by atomic mass is 9.92. The van der Waals surface area contributed by atoms with E-state index in [1.54, 1.807) is 0 Å². The molecule has 3 heteroatoms. The quantitative estimate of drug-likeness (QED) is 0.843. The van der Waals surface area contributed by atoms with E-state index in [2.05, 4.69) is 41.4 Å². The van der Waals surface area contributed by atoms with Gasteiger partial charge in [-0.3, -0.25) is 4.79 Å². The van der Waals surface area contributed by atoms with E-state index < -0.39 is 0 Å². The van der Waals surface area contributed by atoms with Crippen LogP contribution in [-0.4, -0.2) is 36.5 Å². The van der Waals surface area contributed by atoms with E-state index in [-0.39, 0.29) is 5.92 Å². The maximum Gasteiger partial charge on any atom is 0.226 e. The number of benzene rings is 1. The topological polar surface area (TPSA) is 32.3 Å². The van der Waals surface area contributed by atoms with Gasteiger partial charge in [-0.05, 0) is 42.7 Å². The highest BCUT2D eigenvalue weighted by Gasteiger charge is 2.58. The van der Waals surface area contributed by atoms with E-state index in [0.717, 1.165) is 26.1 Å². The van der Waals surface area contributed by atoms with Gasteiger partial charge in [-0.1, -0.05) is 24.3 Å². The van der Waals surface area contributed by atoms with Crippen LogP contribution in [0.15, 0.2) is 24.3 Å². The number of hydrogen-bond donors (Lipinski definition) is 1. The molecule has 3 unspecified atom stereocenters. The Morgan fingerprint density at radius 2 is 2.20 bits per heavy atom. The molecule has 3 nitrogen and oxygen atoms in total. The number of rotatable bonds is 1. The molecular formula is C17H22N2O. The molecule has 0 aromatic heterocycles. The maximum atomic E-state index is 12.8. The van der Waals surface area contributed by atoms with E-state index >= 15 is 0 Å². The molecule has 20 heavy (non-hydrogen) atoms. The third-order valence-electron chi connectivity index (χ3n) is 5.40. The largest absolute Gasteiger partial charge is 0.337 e. The molecule has 2 aliphatic carbocycles. The van der Waals surface area contributed by atoms with E-state index in [9.17, 15) is 4.79 Å². The smallest absolute Gasteiger partial charge is 0.226 e. The average Bonchev–Trinajstić information content (AvgIpc) is 3.22. The molecule has 106 valence electrons. The van der Waals surface area contributed by atoms with Crippen LogP contribution in [0.4, 0.5) is 0 Å². The van der Waals surface area contributed by atoms with E-state index in [1.807, 2.05) is 0 Å². The standard InChI is InChI=1S/C17H22N2O/c1-11-10-18-8-9-19(11)17(20)16-14-7-6-12-4-2-3-5-13(12)15(14)16/h2-5,11,14-16,18H,6-10H2,1H3/t11-,14?,15?,16?/m1/s1. The second-order valence-electron chi connectivity index (χ2n) is 6.54. The molecule has 1 aromatic rings. The van der Waals surface area contributed by atoms with Crippen molar-refractivity contribution < 1.29 is 4.79 Å². The number of nitrogens with zero attached hydrogens (tertiary/aromatic N) is 1. The van der Waals surface area contributed by atoms with Crippen LogP contribution in [0, 0.1) is 11.8 Å². The summed E-state index contributed by atoms with van der Waals surface area (Å²) in [4.78, 5) is 15.0. The second kappa shape index (κ2) is 4.59. The van der Waals surface area contributed by atoms with Crippen molar-refractivity contribution in [2.24, 2.45) is 11.8 Å². The first kappa shape index (κ1) is 12.4. The Morgan fingerprint density at radius 3 is 3.05 bits per heavy atom. The SMILES string of the molecule is C[C@@H]1CNCCN1C(=O)C1C2CCc3ccccc3C21. The van der Waals surface area contributed by atoms with Gasteiger partial charge in [0, 0.05) is 31.6 Å². The molecule has 4 atom stereocenters. The van der Waals surface area contributed by atoms with Crippen molar-refractivity contribution in [3.8, 4) is 0 Å². The minimum atomic E-state index is 0.263. The molecule has 1 saturated carbocycles. The van der Waals surface area contributed by atoms with Gasteiger partial charge >= 0.3 is 0 Å². The number of fused-ring (bicyclic) bond motifs is 3. The summed E-state index contributed by atoms with van der Waals surface area (Å²) in [6, 6.07) is 9.05. The van der Waals surface area contributed by atoms with Crippen molar-refractivity contribution in [1.29, 1.82) is 0 Å². The Balaban J connectivity index is 1.56. The molecule has 1 amide bonds. The van der Waals surface area contributed by atoms with Gasteiger partial charge in [0.1, 0.15) is 0 Å². The van der Waals surface area contributed by atoms with Crippen LogP contribution in [0.3, 0.4) is 0 Å². The Morgan fingerprint density at radius 1 is 1.35 bits per heavy atom. The summed E-state index contributed by atoms with van der Waals surface area (Å²) in [5, 5.41) is 3.36. The Bertz CT molecular complexity index is 542. The molecule has 3 aliphatic rings. The first-order valence-corrected chi connectivity index (χ1v) is 7.86. The van der Waals surface area contributed by atoms with Crippen LogP contribution in [-0.2, 0) is 11.2 Å². The van der Waals surface area contributed by atoms with Crippen molar-refractivity contribution >= 4 is 5.91 Å². The van der Waals surface area contributed by atoms with E-state index in [1.165, 1.54) is 17.5 Å². The zero-order valence-electron chi connectivity index (χ0n) is 12.0. The number of carbonyl (C=O) groups is 1. The van der Waals surface area contributed by atoms with Crippen molar-refractivity contribution in [1.82, 2.24) is 10.2 Å². The predicted molar refractivity (Wildman–Crippen MR) is 78.5 cm³/mol. The van der Waals surface area contributed by atoms with Crippen LogP contribution < -0.4 is 5.32 Å². The minimum Gasteiger partial charge on any atom is -0.337 e. The minimum absolute atomic E-state index is 0.263. The molecule has 0 radical (unpaired) electrons. The molecule has 0 spiro atoms. The molecule has 1 heterocycles. The van der Waals surface area contributed by atoms with E-state index in [0.29, 0.717) is 23.8 Å². The number of aryl methyl sites for hydroxylation is 1. The molecule has 1 saturated heterocycles. The third kappa shape index (κ3) is 1.80. The molecule has 1 aromatic carbocycles. The molecule has 2 fully saturated rings. The Hall–Kier alpha value is -1.35. The summed E-state index contributed by atoms with van der Waals surface area (Å²) >= 11 is 0. The van der Waals surface area contributed by atoms with Gasteiger partial charge in [0.2, 0.25) is 5.91 Å². The zero-order valence-corrected chi connectivity index (χ0v) is 12.0. The normalized spacial score (nSPS) is 35.1. The second-order valence-corrected chi connectivity index (χ2v) is 6.54. The van der Waals surface area contributed by atoms with Gasteiger partial charge < -0.3 is 10.2 Å². The van der Waals surface area contributed by atoms with Crippen LogP contribution >= 0.6 is 0 Å². The van der Waals surface area contributed by atoms with Gasteiger partial charge in [-0.15, -0.1) is 0 Å². The lowest BCUT2D eigenvalue weighted by molar-refractivity contribution is -0.135. The zero-order chi connectivity index (χ0) is 13.7. The highest BCUT2D eigenvalue weighted by atomic mass is 16.2. The maximum absolute atomic E-state index is 12.8. The van der Waals surface area contributed by atoms with Crippen LogP contribution in [0.1, 0.15) is 30.4 Å². The number of carbonyl (C=O) groups excluding carboxylic acids is 1. The molecule has 4 rings (SSSR count). The number of piperazine rings is 1. The lowest BCUT2D eigenvalue weighted by Crippen LogP contribution is -2.52. The number of nitrogens with one attached hydrogen (secondary N) is 1. The van der Waals surface area contributed by atoms with Gasteiger partial charge in [0.05, 0.1) is 0 Å². The number of amides is 1. The van der Waals surface area contributed by atoms with E-state index in [4.69, 9.17) is 0 Å². The van der Waals surface area contributed by atoms with Crippen LogP contribution in [0.2, 0.25) is 0 Å². The Kier molecular flexibility index (Phi) is 2.84. The van der Waals surface area contributed by atoms with Crippen molar-refractivity contribution in [3.05, 3.63) is 35.4 Å². The third-order valence-corrected chi connectivity index (χ3v) is 5.40. The van der Waals surface area contributed by atoms with Crippen molar-refractivity contribution in [2.45, 2.75) is 31.7 Å². The highest BCUT2D eigenvalue weighted by molar-refractivity contribution is 5.84. The fraction of sp³-hybridized carbons (Fsp3) is 0.588. The fourth-order valence-electron chi connectivity index (χ4n) is 4.26. The van der Waals surface area contributed by atoms with Crippen molar-refractivity contribution in [2.75, 3.05) is 19.6 Å². The van der Waals surface area contributed by atoms with Crippen molar-refractivity contribution in [3.63, 3.8) is 0 Å². The van der Waals surface area contributed by atoms with Crippen LogP contribution in [0.5, 0.6) is 0 Å². The van der Waals surface area contributed by atoms with Crippen LogP contribution in [0.25, 0.3) is 0 Å². The summed E-state index contributed by atoms with van der Waals surface area (Å²) in [7, 11) is 0. The summed E-state index contributed by atoms with van der Waals surface area (Å²) < 4.78 is 0. The number of hydrogen-bond acceptors (Lipinski definition) is 2. The summed E-state index contributed by atoms with van der Waals surface area (Å²) in [5.41, 5.74) is 2.92. The predicted octanol–water partition coefficient (Wildman–Crippen LogP) is 1.78. The van der Waals surface area contributed by atoms with Gasteiger partial charge in [0.25, 0.3) is 0 Å². The highest BCUT2D eigenvalue weighted by Crippen LogP contribution is 2.60. The molecular weight excluding hydrogens is 248 g/mol. The average molecular weight is 270 g/mol. The first-order valence-electron chi connectivity index (χ1n) is 7.86. The molecule has 0 bridgehead atoms. The van der Waals surface area contributed by atoms with Gasteiger partial charge in [-0.2, -0.15) is 0 Å².